The number of ether oxygens (including phenoxy) is 2. The van der Waals surface area contributed by atoms with E-state index in [4.69, 9.17) is 32.7 Å². The Morgan fingerprint density at radius 2 is 1.86 bits per heavy atom. The number of hydrogen-bond donors (Lipinski definition) is 2. The van der Waals surface area contributed by atoms with E-state index in [9.17, 15) is 14.7 Å². The summed E-state index contributed by atoms with van der Waals surface area (Å²) < 4.78 is 11.5. The maximum Gasteiger partial charge on any atom is 0.311 e. The van der Waals surface area contributed by atoms with Crippen molar-refractivity contribution in [3.63, 3.8) is 0 Å². The third-order valence-corrected chi connectivity index (χ3v) is 6.34. The number of benzene rings is 3. The molecule has 0 bridgehead atoms. The Balaban J connectivity index is 1.29. The fourth-order valence-electron chi connectivity index (χ4n) is 3.98. The Morgan fingerprint density at radius 3 is 2.60 bits per heavy atom. The van der Waals surface area contributed by atoms with Gasteiger partial charge in [-0.15, -0.1) is 0 Å². The topological polar surface area (TPSA) is 84.9 Å². The molecule has 8 heteroatoms. The fraction of sp³-hybridized carbons (Fsp3) is 0.259. The van der Waals surface area contributed by atoms with Crippen molar-refractivity contribution in [3.8, 4) is 17.2 Å². The molecule has 4 rings (SSSR count). The number of rotatable bonds is 9. The number of carbonyl (C=O) groups excluding carboxylic acids is 1. The third-order valence-electron chi connectivity index (χ3n) is 5.81. The minimum Gasteiger partial charge on any atom is -0.493 e. The molecule has 6 nitrogen and oxygen atoms in total. The van der Waals surface area contributed by atoms with Crippen LogP contribution in [-0.4, -0.2) is 30.1 Å². The Labute approximate surface area is 213 Å². The number of unbranched alkanes of at least 4 members (excludes halogenated alkanes) is 1. The van der Waals surface area contributed by atoms with Gasteiger partial charge in [0.25, 0.3) is 5.91 Å². The predicted molar refractivity (Wildman–Crippen MR) is 135 cm³/mol. The molecule has 0 aliphatic carbocycles. The number of carboxylic acid groups (broad SMARTS) is 1. The molecule has 0 spiro atoms. The summed E-state index contributed by atoms with van der Waals surface area (Å²) in [5.41, 5.74) is 2.25. The summed E-state index contributed by atoms with van der Waals surface area (Å²) in [7, 11) is 0. The van der Waals surface area contributed by atoms with E-state index in [1.165, 1.54) is 5.56 Å². The van der Waals surface area contributed by atoms with Gasteiger partial charge in [-0.3, -0.25) is 9.59 Å². The van der Waals surface area contributed by atoms with Crippen LogP contribution in [-0.2, 0) is 11.2 Å². The van der Waals surface area contributed by atoms with Crippen molar-refractivity contribution in [2.24, 2.45) is 0 Å². The van der Waals surface area contributed by atoms with Crippen molar-refractivity contribution < 1.29 is 24.2 Å². The highest BCUT2D eigenvalue weighted by molar-refractivity contribution is 6.32. The van der Waals surface area contributed by atoms with E-state index in [1.807, 2.05) is 24.3 Å². The number of amides is 1. The second-order valence-corrected chi connectivity index (χ2v) is 9.16. The van der Waals surface area contributed by atoms with E-state index in [2.05, 4.69) is 5.32 Å². The molecule has 0 fully saturated rings. The van der Waals surface area contributed by atoms with E-state index in [0.29, 0.717) is 53.0 Å². The number of aryl methyl sites for hydroxylation is 1. The summed E-state index contributed by atoms with van der Waals surface area (Å²) in [5, 5.41) is 13.4. The maximum absolute atomic E-state index is 12.4. The van der Waals surface area contributed by atoms with Gasteiger partial charge in [0.2, 0.25) is 0 Å². The molecule has 182 valence electrons. The van der Waals surface area contributed by atoms with Gasteiger partial charge >= 0.3 is 5.97 Å². The van der Waals surface area contributed by atoms with Crippen molar-refractivity contribution in [1.82, 2.24) is 5.32 Å². The van der Waals surface area contributed by atoms with Crippen LogP contribution in [0.2, 0.25) is 10.0 Å². The summed E-state index contributed by atoms with van der Waals surface area (Å²) in [6.07, 6.45) is 3.12. The van der Waals surface area contributed by atoms with Gasteiger partial charge in [-0.25, -0.2) is 0 Å². The predicted octanol–water partition coefficient (Wildman–Crippen LogP) is 6.49. The highest BCUT2D eigenvalue weighted by atomic mass is 35.5. The minimum atomic E-state index is -0.908. The standard InChI is InChI=1S/C27H25Cl2NO5/c28-19-6-3-5-17(14-19)4-1-2-12-30-26(31)18-7-9-20(10-8-18)35-25-16-24-22(15-23(25)29)21(27(32)33)11-13-34-24/h3,5-10,14-16,21H,1-2,4,11-13H2,(H,30,31)(H,32,33). The molecule has 0 radical (unpaired) electrons. The molecule has 1 aliphatic rings. The lowest BCUT2D eigenvalue weighted by atomic mass is 9.93. The molecule has 3 aromatic carbocycles. The largest absolute Gasteiger partial charge is 0.493 e. The number of halogens is 2. The Kier molecular flexibility index (Phi) is 8.16. The SMILES string of the molecule is O=C(NCCCCc1cccc(Cl)c1)c1ccc(Oc2cc3c(cc2Cl)C(C(=O)O)CCO3)cc1. The molecular formula is C27H25Cl2NO5. The number of carboxylic acids is 1. The van der Waals surface area contributed by atoms with Crippen LogP contribution >= 0.6 is 23.2 Å². The first-order valence-corrected chi connectivity index (χ1v) is 12.2. The maximum atomic E-state index is 12.4. The molecule has 1 unspecified atom stereocenters. The van der Waals surface area contributed by atoms with Crippen LogP contribution in [0.3, 0.4) is 0 Å². The van der Waals surface area contributed by atoms with Gasteiger partial charge in [0, 0.05) is 28.8 Å². The van der Waals surface area contributed by atoms with Gasteiger partial charge in [0.05, 0.1) is 17.5 Å². The zero-order chi connectivity index (χ0) is 24.8. The Bertz CT molecular complexity index is 1210. The zero-order valence-corrected chi connectivity index (χ0v) is 20.4. The molecule has 1 amide bonds. The van der Waals surface area contributed by atoms with Crippen molar-refractivity contribution in [1.29, 1.82) is 0 Å². The van der Waals surface area contributed by atoms with E-state index in [0.717, 1.165) is 24.3 Å². The number of hydrogen-bond acceptors (Lipinski definition) is 4. The Morgan fingerprint density at radius 1 is 1.06 bits per heavy atom. The van der Waals surface area contributed by atoms with Crippen LogP contribution in [0.25, 0.3) is 0 Å². The quantitative estimate of drug-likeness (QED) is 0.319. The molecule has 0 saturated heterocycles. The number of aliphatic carboxylic acids is 1. The molecule has 0 saturated carbocycles. The molecule has 35 heavy (non-hydrogen) atoms. The molecule has 2 N–H and O–H groups in total. The van der Waals surface area contributed by atoms with Crippen LogP contribution in [0.1, 0.15) is 46.7 Å². The molecule has 1 heterocycles. The average molecular weight is 514 g/mol. The van der Waals surface area contributed by atoms with E-state index >= 15 is 0 Å². The van der Waals surface area contributed by atoms with Gasteiger partial charge in [-0.2, -0.15) is 0 Å². The first-order chi connectivity index (χ1) is 16.9. The van der Waals surface area contributed by atoms with Crippen molar-refractivity contribution >= 4 is 35.1 Å². The third kappa shape index (κ3) is 6.47. The summed E-state index contributed by atoms with van der Waals surface area (Å²) in [6.45, 7) is 0.898. The highest BCUT2D eigenvalue weighted by Crippen LogP contribution is 2.41. The van der Waals surface area contributed by atoms with Crippen LogP contribution in [0, 0.1) is 0 Å². The number of carbonyl (C=O) groups is 2. The van der Waals surface area contributed by atoms with Crippen LogP contribution in [0.15, 0.2) is 60.7 Å². The van der Waals surface area contributed by atoms with Crippen LogP contribution in [0.4, 0.5) is 0 Å². The zero-order valence-electron chi connectivity index (χ0n) is 18.9. The molecule has 3 aromatic rings. The first-order valence-electron chi connectivity index (χ1n) is 11.4. The fourth-order valence-corrected chi connectivity index (χ4v) is 4.40. The van der Waals surface area contributed by atoms with Gasteiger partial charge in [0.15, 0.2) is 0 Å². The minimum absolute atomic E-state index is 0.153. The van der Waals surface area contributed by atoms with Crippen molar-refractivity contribution in [2.75, 3.05) is 13.2 Å². The monoisotopic (exact) mass is 513 g/mol. The van der Waals surface area contributed by atoms with E-state index in [1.54, 1.807) is 36.4 Å². The van der Waals surface area contributed by atoms with Gasteiger partial charge in [0.1, 0.15) is 17.2 Å². The Hall–Kier alpha value is -3.22. The van der Waals surface area contributed by atoms with Crippen molar-refractivity contribution in [3.05, 3.63) is 87.4 Å². The normalized spacial score (nSPS) is 14.5. The second kappa shape index (κ2) is 11.5. The smallest absolute Gasteiger partial charge is 0.311 e. The van der Waals surface area contributed by atoms with Crippen LogP contribution in [0.5, 0.6) is 17.2 Å². The lowest BCUT2D eigenvalue weighted by Gasteiger charge is -2.24. The highest BCUT2D eigenvalue weighted by Gasteiger charge is 2.29. The van der Waals surface area contributed by atoms with Gasteiger partial charge in [-0.1, -0.05) is 35.3 Å². The molecule has 1 aliphatic heterocycles. The lowest BCUT2D eigenvalue weighted by Crippen LogP contribution is -2.24. The number of nitrogens with one attached hydrogen (secondary N) is 1. The number of fused-ring (bicyclic) bond motifs is 1. The van der Waals surface area contributed by atoms with E-state index in [-0.39, 0.29) is 5.91 Å². The van der Waals surface area contributed by atoms with Gasteiger partial charge in [-0.05, 0) is 73.7 Å². The molecule has 0 aromatic heterocycles. The second-order valence-electron chi connectivity index (χ2n) is 8.32. The molecule has 1 atom stereocenters. The summed E-state index contributed by atoms with van der Waals surface area (Å²) in [6, 6.07) is 17.7. The molecular weight excluding hydrogens is 489 g/mol. The summed E-state index contributed by atoms with van der Waals surface area (Å²) in [5.74, 6) is -0.410. The van der Waals surface area contributed by atoms with E-state index < -0.39 is 11.9 Å². The van der Waals surface area contributed by atoms with Crippen molar-refractivity contribution in [2.45, 2.75) is 31.6 Å². The summed E-state index contributed by atoms with van der Waals surface area (Å²) in [4.78, 5) is 23.9. The first kappa shape index (κ1) is 24.9. The lowest BCUT2D eigenvalue weighted by molar-refractivity contribution is -0.139. The summed E-state index contributed by atoms with van der Waals surface area (Å²) >= 11 is 12.4. The van der Waals surface area contributed by atoms with Gasteiger partial charge < -0.3 is 19.9 Å². The average Bonchev–Trinajstić information content (AvgIpc) is 2.84. The van der Waals surface area contributed by atoms with Crippen LogP contribution < -0.4 is 14.8 Å².